The lowest BCUT2D eigenvalue weighted by Gasteiger charge is -2.07. The summed E-state index contributed by atoms with van der Waals surface area (Å²) in [5, 5.41) is 5.42. The van der Waals surface area contributed by atoms with Gasteiger partial charge >= 0.3 is 0 Å². The quantitative estimate of drug-likeness (QED) is 0.754. The highest BCUT2D eigenvalue weighted by atomic mass is 19.1. The van der Waals surface area contributed by atoms with Gasteiger partial charge in [0.05, 0.1) is 0 Å². The highest BCUT2D eigenvalue weighted by Gasteiger charge is 2.07. The van der Waals surface area contributed by atoms with Crippen molar-refractivity contribution in [3.05, 3.63) is 71.0 Å². The Balaban J connectivity index is 1.89. The van der Waals surface area contributed by atoms with Gasteiger partial charge in [-0.3, -0.25) is 9.59 Å². The van der Waals surface area contributed by atoms with Crippen molar-refractivity contribution in [1.82, 2.24) is 10.6 Å². The van der Waals surface area contributed by atoms with Gasteiger partial charge in [-0.15, -0.1) is 0 Å². The van der Waals surface area contributed by atoms with Crippen LogP contribution in [0, 0.1) is 5.82 Å². The normalized spacial score (nSPS) is 10.2. The van der Waals surface area contributed by atoms with Gasteiger partial charge in [0.1, 0.15) is 5.82 Å². The molecule has 0 aliphatic rings. The van der Waals surface area contributed by atoms with Crippen LogP contribution in [0.15, 0.2) is 48.5 Å². The van der Waals surface area contributed by atoms with E-state index in [9.17, 15) is 14.0 Å². The highest BCUT2D eigenvalue weighted by Crippen LogP contribution is 2.06. The smallest absolute Gasteiger partial charge is 0.251 e. The second-order valence-corrected chi connectivity index (χ2v) is 4.93. The van der Waals surface area contributed by atoms with Crippen LogP contribution in [0.4, 0.5) is 4.39 Å². The maximum absolute atomic E-state index is 12.8. The average Bonchev–Trinajstić information content (AvgIpc) is 2.58. The first-order valence-corrected chi connectivity index (χ1v) is 7.21. The molecule has 0 atom stereocenters. The fourth-order valence-corrected chi connectivity index (χ4v) is 1.95. The molecule has 120 valence electrons. The lowest BCUT2D eigenvalue weighted by molar-refractivity contribution is 0.0943. The van der Waals surface area contributed by atoms with Crippen LogP contribution < -0.4 is 16.4 Å². The van der Waals surface area contributed by atoms with Crippen LogP contribution in [0.1, 0.15) is 26.3 Å². The number of hydrogen-bond acceptors (Lipinski definition) is 3. The standard InChI is InChI=1S/C17H18FN3O2/c18-15-7-5-14(6-8-15)17(23)21-11-12-1-3-13(4-2-12)16(22)20-10-9-19/h1-8H,9-11,19H2,(H,20,22)(H,21,23). The van der Waals surface area contributed by atoms with E-state index in [2.05, 4.69) is 10.6 Å². The number of carbonyl (C=O) groups is 2. The van der Waals surface area contributed by atoms with Crippen molar-refractivity contribution in [2.45, 2.75) is 6.54 Å². The van der Waals surface area contributed by atoms with E-state index in [0.29, 0.717) is 30.8 Å². The van der Waals surface area contributed by atoms with Gasteiger partial charge in [-0.05, 0) is 42.0 Å². The van der Waals surface area contributed by atoms with E-state index in [0.717, 1.165) is 5.56 Å². The van der Waals surface area contributed by atoms with Crippen molar-refractivity contribution in [3.8, 4) is 0 Å². The molecule has 0 aliphatic carbocycles. The number of hydrogen-bond donors (Lipinski definition) is 3. The Bertz CT molecular complexity index is 669. The second kappa shape index (κ2) is 8.05. The summed E-state index contributed by atoms with van der Waals surface area (Å²) in [4.78, 5) is 23.6. The average molecular weight is 315 g/mol. The van der Waals surface area contributed by atoms with Crippen LogP contribution in [0.3, 0.4) is 0 Å². The summed E-state index contributed by atoms with van der Waals surface area (Å²) in [7, 11) is 0. The highest BCUT2D eigenvalue weighted by molar-refractivity contribution is 5.94. The van der Waals surface area contributed by atoms with E-state index in [4.69, 9.17) is 5.73 Å². The molecule has 6 heteroatoms. The monoisotopic (exact) mass is 315 g/mol. The Labute approximate surface area is 133 Å². The molecule has 2 amide bonds. The van der Waals surface area contributed by atoms with Crippen LogP contribution in [-0.2, 0) is 6.54 Å². The molecule has 0 aromatic heterocycles. The molecule has 2 rings (SSSR count). The van der Waals surface area contributed by atoms with Gasteiger partial charge in [0, 0.05) is 30.8 Å². The molecule has 0 heterocycles. The second-order valence-electron chi connectivity index (χ2n) is 4.93. The van der Waals surface area contributed by atoms with Crippen LogP contribution in [0.25, 0.3) is 0 Å². The molecule has 2 aromatic carbocycles. The van der Waals surface area contributed by atoms with Gasteiger partial charge in [-0.25, -0.2) is 4.39 Å². The number of benzene rings is 2. The predicted octanol–water partition coefficient (Wildman–Crippen LogP) is 1.44. The summed E-state index contributed by atoms with van der Waals surface area (Å²) in [6, 6.07) is 12.2. The van der Waals surface area contributed by atoms with Crippen LogP contribution in [-0.4, -0.2) is 24.9 Å². The van der Waals surface area contributed by atoms with Gasteiger partial charge in [-0.2, -0.15) is 0 Å². The fourth-order valence-electron chi connectivity index (χ4n) is 1.95. The van der Waals surface area contributed by atoms with Gasteiger partial charge < -0.3 is 16.4 Å². The van der Waals surface area contributed by atoms with E-state index >= 15 is 0 Å². The van der Waals surface area contributed by atoms with E-state index in [1.807, 2.05) is 0 Å². The largest absolute Gasteiger partial charge is 0.351 e. The molecule has 0 saturated carbocycles. The first-order valence-electron chi connectivity index (χ1n) is 7.21. The molecule has 0 saturated heterocycles. The van der Waals surface area contributed by atoms with E-state index < -0.39 is 0 Å². The molecule has 0 fully saturated rings. The maximum Gasteiger partial charge on any atom is 0.251 e. The third kappa shape index (κ3) is 4.89. The zero-order chi connectivity index (χ0) is 16.7. The van der Waals surface area contributed by atoms with Crippen molar-refractivity contribution in [3.63, 3.8) is 0 Å². The third-order valence-electron chi connectivity index (χ3n) is 3.21. The Morgan fingerprint density at radius 1 is 0.870 bits per heavy atom. The Morgan fingerprint density at radius 2 is 1.39 bits per heavy atom. The molecule has 4 N–H and O–H groups in total. The van der Waals surface area contributed by atoms with Crippen LogP contribution >= 0.6 is 0 Å². The molecule has 0 bridgehead atoms. The first-order chi connectivity index (χ1) is 11.1. The minimum absolute atomic E-state index is 0.183. The van der Waals surface area contributed by atoms with Gasteiger partial charge in [0.2, 0.25) is 0 Å². The Morgan fingerprint density at radius 3 is 1.96 bits per heavy atom. The SMILES string of the molecule is NCCNC(=O)c1ccc(CNC(=O)c2ccc(F)cc2)cc1. The molecule has 0 radical (unpaired) electrons. The summed E-state index contributed by atoms with van der Waals surface area (Å²) in [6.07, 6.45) is 0. The topological polar surface area (TPSA) is 84.2 Å². The van der Waals surface area contributed by atoms with Crippen molar-refractivity contribution in [1.29, 1.82) is 0 Å². The van der Waals surface area contributed by atoms with Crippen molar-refractivity contribution >= 4 is 11.8 Å². The van der Waals surface area contributed by atoms with E-state index in [1.54, 1.807) is 24.3 Å². The van der Waals surface area contributed by atoms with E-state index in [-0.39, 0.29) is 17.6 Å². The maximum atomic E-state index is 12.8. The van der Waals surface area contributed by atoms with Crippen molar-refractivity contribution < 1.29 is 14.0 Å². The number of rotatable bonds is 6. The minimum Gasteiger partial charge on any atom is -0.351 e. The zero-order valence-corrected chi connectivity index (χ0v) is 12.5. The number of halogens is 1. The molecular weight excluding hydrogens is 297 g/mol. The number of carbonyl (C=O) groups excluding carboxylic acids is 2. The Hall–Kier alpha value is -2.73. The minimum atomic E-state index is -0.384. The predicted molar refractivity (Wildman–Crippen MR) is 85.4 cm³/mol. The summed E-state index contributed by atoms with van der Waals surface area (Å²) in [5.74, 6) is -0.850. The van der Waals surface area contributed by atoms with Gasteiger partial charge in [0.15, 0.2) is 0 Å². The van der Waals surface area contributed by atoms with Gasteiger partial charge in [0.25, 0.3) is 11.8 Å². The van der Waals surface area contributed by atoms with Crippen molar-refractivity contribution in [2.75, 3.05) is 13.1 Å². The molecule has 0 unspecified atom stereocenters. The third-order valence-corrected chi connectivity index (χ3v) is 3.21. The molecule has 0 aliphatic heterocycles. The van der Waals surface area contributed by atoms with Crippen LogP contribution in [0.2, 0.25) is 0 Å². The lowest BCUT2D eigenvalue weighted by Crippen LogP contribution is -2.29. The molecule has 5 nitrogen and oxygen atoms in total. The van der Waals surface area contributed by atoms with Crippen LogP contribution in [0.5, 0.6) is 0 Å². The Kier molecular flexibility index (Phi) is 5.82. The first kappa shape index (κ1) is 16.6. The van der Waals surface area contributed by atoms with Crippen molar-refractivity contribution in [2.24, 2.45) is 5.73 Å². The van der Waals surface area contributed by atoms with E-state index in [1.165, 1.54) is 24.3 Å². The number of nitrogens with two attached hydrogens (primary N) is 1. The van der Waals surface area contributed by atoms with Gasteiger partial charge in [-0.1, -0.05) is 12.1 Å². The summed E-state index contributed by atoms with van der Waals surface area (Å²) in [6.45, 7) is 1.13. The summed E-state index contributed by atoms with van der Waals surface area (Å²) < 4.78 is 12.8. The molecule has 0 spiro atoms. The zero-order valence-electron chi connectivity index (χ0n) is 12.5. The number of amides is 2. The number of nitrogens with one attached hydrogen (secondary N) is 2. The molecular formula is C17H18FN3O2. The lowest BCUT2D eigenvalue weighted by atomic mass is 10.1. The summed E-state index contributed by atoms with van der Waals surface area (Å²) in [5.41, 5.74) is 7.11. The molecule has 23 heavy (non-hydrogen) atoms. The fraction of sp³-hybridized carbons (Fsp3) is 0.176. The summed E-state index contributed by atoms with van der Waals surface area (Å²) >= 11 is 0. The molecule has 2 aromatic rings.